The van der Waals surface area contributed by atoms with Crippen LogP contribution in [0.1, 0.15) is 0 Å². The Labute approximate surface area is 336 Å². The lowest BCUT2D eigenvalue weighted by Gasteiger charge is -2.14. The largest absolute Gasteiger partial charge is 0.455 e. The van der Waals surface area contributed by atoms with Gasteiger partial charge >= 0.3 is 0 Å². The summed E-state index contributed by atoms with van der Waals surface area (Å²) >= 11 is 1.85. The lowest BCUT2D eigenvalue weighted by atomic mass is 9.93. The van der Waals surface area contributed by atoms with Crippen molar-refractivity contribution >= 4 is 75.1 Å². The van der Waals surface area contributed by atoms with Crippen LogP contribution in [-0.4, -0.2) is 19.9 Å². The molecule has 58 heavy (non-hydrogen) atoms. The highest BCUT2D eigenvalue weighted by Crippen LogP contribution is 2.45. The Hall–Kier alpha value is -7.54. The zero-order chi connectivity index (χ0) is 38.2. The third kappa shape index (κ3) is 5.16. The van der Waals surface area contributed by atoms with Crippen LogP contribution in [0, 0.1) is 0 Å². The number of fused-ring (bicyclic) bond motifs is 10. The maximum atomic E-state index is 6.71. The van der Waals surface area contributed by atoms with E-state index >= 15 is 0 Å². The van der Waals surface area contributed by atoms with Gasteiger partial charge in [-0.3, -0.25) is 0 Å². The highest BCUT2D eigenvalue weighted by Gasteiger charge is 2.21. The van der Waals surface area contributed by atoms with Gasteiger partial charge in [-0.05, 0) is 35.9 Å². The minimum Gasteiger partial charge on any atom is -0.455 e. The first-order valence-corrected chi connectivity index (χ1v) is 20.1. The molecule has 0 amide bonds. The van der Waals surface area contributed by atoms with E-state index in [2.05, 4.69) is 115 Å². The van der Waals surface area contributed by atoms with Gasteiger partial charge in [-0.25, -0.2) is 19.9 Å². The number of nitrogens with zero attached hydrogens (tertiary/aromatic N) is 4. The van der Waals surface area contributed by atoms with Crippen molar-refractivity contribution in [3.05, 3.63) is 182 Å². The quantitative estimate of drug-likeness (QED) is 0.164. The lowest BCUT2D eigenvalue weighted by Crippen LogP contribution is -2.00. The van der Waals surface area contributed by atoms with Crippen LogP contribution in [0.5, 0.6) is 0 Å². The number of para-hydroxylation sites is 2. The summed E-state index contributed by atoms with van der Waals surface area (Å²) in [7, 11) is 0. The van der Waals surface area contributed by atoms with Crippen LogP contribution in [0.25, 0.3) is 120 Å². The van der Waals surface area contributed by atoms with Crippen molar-refractivity contribution in [2.75, 3.05) is 0 Å². The molecule has 5 nitrogen and oxygen atoms in total. The molecule has 0 saturated heterocycles. The molecule has 0 aliphatic rings. The molecule has 0 N–H and O–H groups in total. The van der Waals surface area contributed by atoms with Gasteiger partial charge in [0, 0.05) is 69.4 Å². The topological polar surface area (TPSA) is 64.7 Å². The Morgan fingerprint density at radius 3 is 1.72 bits per heavy atom. The summed E-state index contributed by atoms with van der Waals surface area (Å²) in [5, 5.41) is 8.10. The first kappa shape index (κ1) is 32.7. The number of benzene rings is 8. The molecule has 4 heterocycles. The lowest BCUT2D eigenvalue weighted by molar-refractivity contribution is 0.669. The van der Waals surface area contributed by atoms with Crippen LogP contribution in [-0.2, 0) is 0 Å². The molecule has 12 aromatic rings. The molecule has 0 fully saturated rings. The smallest absolute Gasteiger partial charge is 0.167 e. The fourth-order valence-electron chi connectivity index (χ4n) is 8.45. The van der Waals surface area contributed by atoms with Gasteiger partial charge in [0.1, 0.15) is 11.2 Å². The standard InChI is InChI=1S/C52H30N4OS/c1-4-14-31(15-5-1)47-39-27-29-44-46(37-20-10-11-25-43(37)58-44)45(39)38-23-12-21-35(48(38)53-47)34-26-28-42-41(30-34)36-22-13-24-40(49(36)57-42)52-55-50(32-16-6-2-7-17-32)54-51(56-52)33-18-8-3-9-19-33/h1-30H. The summed E-state index contributed by atoms with van der Waals surface area (Å²) in [4.78, 5) is 20.5. The minimum absolute atomic E-state index is 0.559. The Morgan fingerprint density at radius 1 is 0.362 bits per heavy atom. The van der Waals surface area contributed by atoms with E-state index < -0.39 is 0 Å². The van der Waals surface area contributed by atoms with Crippen molar-refractivity contribution in [3.8, 4) is 56.5 Å². The molecule has 0 aliphatic heterocycles. The molecule has 0 unspecified atom stereocenters. The molecule has 0 aliphatic carbocycles. The van der Waals surface area contributed by atoms with E-state index in [1.165, 1.54) is 25.6 Å². The van der Waals surface area contributed by atoms with Crippen molar-refractivity contribution in [1.29, 1.82) is 0 Å². The first-order chi connectivity index (χ1) is 28.7. The molecular weight excluding hydrogens is 729 g/mol. The number of hydrogen-bond donors (Lipinski definition) is 0. The zero-order valence-corrected chi connectivity index (χ0v) is 31.7. The molecule has 8 aromatic carbocycles. The molecule has 270 valence electrons. The van der Waals surface area contributed by atoms with Gasteiger partial charge in [0.25, 0.3) is 0 Å². The Morgan fingerprint density at radius 2 is 0.983 bits per heavy atom. The summed E-state index contributed by atoms with van der Waals surface area (Å²) in [6.07, 6.45) is 0. The molecule has 0 bridgehead atoms. The summed E-state index contributed by atoms with van der Waals surface area (Å²) < 4.78 is 9.27. The Kier molecular flexibility index (Phi) is 7.33. The van der Waals surface area contributed by atoms with E-state index in [9.17, 15) is 0 Å². The minimum atomic E-state index is 0.559. The molecule has 0 radical (unpaired) electrons. The monoisotopic (exact) mass is 758 g/mol. The predicted molar refractivity (Wildman–Crippen MR) is 240 cm³/mol. The highest BCUT2D eigenvalue weighted by atomic mass is 32.1. The summed E-state index contributed by atoms with van der Waals surface area (Å²) in [6.45, 7) is 0. The third-order valence-electron chi connectivity index (χ3n) is 11.1. The van der Waals surface area contributed by atoms with Crippen LogP contribution in [0.15, 0.2) is 186 Å². The van der Waals surface area contributed by atoms with Gasteiger partial charge in [-0.1, -0.05) is 152 Å². The van der Waals surface area contributed by atoms with Crippen molar-refractivity contribution in [2.45, 2.75) is 0 Å². The fraction of sp³-hybridized carbons (Fsp3) is 0. The molecule has 6 heteroatoms. The average Bonchev–Trinajstić information content (AvgIpc) is 3.87. The van der Waals surface area contributed by atoms with Gasteiger partial charge in [-0.15, -0.1) is 11.3 Å². The van der Waals surface area contributed by atoms with Crippen molar-refractivity contribution in [1.82, 2.24) is 19.9 Å². The van der Waals surface area contributed by atoms with Gasteiger partial charge < -0.3 is 4.42 Å². The van der Waals surface area contributed by atoms with Gasteiger partial charge in [0.15, 0.2) is 17.5 Å². The predicted octanol–water partition coefficient (Wildman–Crippen LogP) is 14.2. The van der Waals surface area contributed by atoms with Crippen LogP contribution >= 0.6 is 11.3 Å². The Bertz CT molecular complexity index is 3500. The molecule has 12 rings (SSSR count). The van der Waals surface area contributed by atoms with E-state index in [1.54, 1.807) is 0 Å². The van der Waals surface area contributed by atoms with E-state index in [0.29, 0.717) is 17.5 Å². The summed E-state index contributed by atoms with van der Waals surface area (Å²) in [5.74, 6) is 1.78. The number of furan rings is 1. The van der Waals surface area contributed by atoms with Crippen LogP contribution in [0.4, 0.5) is 0 Å². The Balaban J connectivity index is 1.08. The van der Waals surface area contributed by atoms with E-state index in [-0.39, 0.29) is 0 Å². The van der Waals surface area contributed by atoms with Gasteiger partial charge in [0.2, 0.25) is 0 Å². The second-order valence-electron chi connectivity index (χ2n) is 14.5. The average molecular weight is 759 g/mol. The summed E-state index contributed by atoms with van der Waals surface area (Å²) in [5.41, 5.74) is 9.36. The third-order valence-corrected chi connectivity index (χ3v) is 12.3. The van der Waals surface area contributed by atoms with Crippen LogP contribution < -0.4 is 0 Å². The number of rotatable bonds is 5. The first-order valence-electron chi connectivity index (χ1n) is 19.3. The van der Waals surface area contributed by atoms with Gasteiger partial charge in [-0.2, -0.15) is 0 Å². The van der Waals surface area contributed by atoms with Crippen LogP contribution in [0.3, 0.4) is 0 Å². The highest BCUT2D eigenvalue weighted by molar-refractivity contribution is 7.26. The number of pyridine rings is 1. The number of hydrogen-bond acceptors (Lipinski definition) is 6. The van der Waals surface area contributed by atoms with Crippen LogP contribution in [0.2, 0.25) is 0 Å². The zero-order valence-electron chi connectivity index (χ0n) is 30.9. The molecule has 0 spiro atoms. The fourth-order valence-corrected chi connectivity index (χ4v) is 9.57. The van der Waals surface area contributed by atoms with E-state index in [0.717, 1.165) is 77.3 Å². The second kappa shape index (κ2) is 13.0. The maximum absolute atomic E-state index is 6.71. The van der Waals surface area contributed by atoms with E-state index in [4.69, 9.17) is 24.4 Å². The van der Waals surface area contributed by atoms with Gasteiger partial charge in [0.05, 0.1) is 16.8 Å². The molecule has 0 saturated carbocycles. The van der Waals surface area contributed by atoms with Crippen molar-refractivity contribution in [3.63, 3.8) is 0 Å². The summed E-state index contributed by atoms with van der Waals surface area (Å²) in [6, 6.07) is 63.2. The molecule has 0 atom stereocenters. The maximum Gasteiger partial charge on any atom is 0.167 e. The molecule has 4 aromatic heterocycles. The van der Waals surface area contributed by atoms with E-state index in [1.807, 2.05) is 78.1 Å². The number of thiophene rings is 1. The number of aromatic nitrogens is 4. The second-order valence-corrected chi connectivity index (χ2v) is 15.6. The van der Waals surface area contributed by atoms with Crippen molar-refractivity contribution < 1.29 is 4.42 Å². The normalized spacial score (nSPS) is 11.8. The van der Waals surface area contributed by atoms with Crippen molar-refractivity contribution in [2.24, 2.45) is 0 Å². The SMILES string of the molecule is c1ccc(-c2nc(-c3ccccc3)nc(-c3cccc4c3oc3ccc(-c5cccc6c5nc(-c5ccccc5)c5ccc7sc8ccccc8c7c56)cc34)n2)cc1. The molecular formula is C52H30N4OS.